The van der Waals surface area contributed by atoms with Crippen molar-refractivity contribution in [3.63, 3.8) is 0 Å². The molecule has 1 saturated heterocycles. The standard InChI is InChI=1S/C20H26N4O3S/c1-13-14(2)28-20(21-13)22-18(26)12-24-10-4-5-15(11-24)19(27)23(3)16-6-8-17(25)9-7-16/h6-9,15,25H,4-5,10-12H2,1-3H3,(H,21,22,26). The third-order valence-electron chi connectivity index (χ3n) is 5.06. The molecule has 3 rings (SSSR count). The van der Waals surface area contributed by atoms with Gasteiger partial charge >= 0.3 is 0 Å². The van der Waals surface area contributed by atoms with Gasteiger partial charge in [0.05, 0.1) is 18.2 Å². The average Bonchev–Trinajstić information content (AvgIpc) is 2.98. The van der Waals surface area contributed by atoms with E-state index in [9.17, 15) is 14.7 Å². The first-order valence-corrected chi connectivity index (χ1v) is 10.2. The van der Waals surface area contributed by atoms with Crippen molar-refractivity contribution in [3.8, 4) is 5.75 Å². The van der Waals surface area contributed by atoms with E-state index in [0.717, 1.165) is 35.6 Å². The van der Waals surface area contributed by atoms with Gasteiger partial charge in [0.2, 0.25) is 11.8 Å². The van der Waals surface area contributed by atoms with Gasteiger partial charge in [-0.1, -0.05) is 0 Å². The lowest BCUT2D eigenvalue weighted by atomic mass is 9.96. The molecule has 0 aliphatic carbocycles. The van der Waals surface area contributed by atoms with Crippen LogP contribution in [0.15, 0.2) is 24.3 Å². The molecule has 2 N–H and O–H groups in total. The lowest BCUT2D eigenvalue weighted by Crippen LogP contribution is -2.46. The lowest BCUT2D eigenvalue weighted by Gasteiger charge is -2.33. The highest BCUT2D eigenvalue weighted by Crippen LogP contribution is 2.24. The van der Waals surface area contributed by atoms with Crippen molar-refractivity contribution in [3.05, 3.63) is 34.8 Å². The quantitative estimate of drug-likeness (QED) is 0.803. The molecule has 0 radical (unpaired) electrons. The number of carbonyl (C=O) groups is 2. The molecule has 1 aliphatic rings. The fourth-order valence-corrected chi connectivity index (χ4v) is 4.20. The maximum absolute atomic E-state index is 12.9. The maximum atomic E-state index is 12.9. The van der Waals surface area contributed by atoms with Crippen molar-refractivity contribution in [1.82, 2.24) is 9.88 Å². The Morgan fingerprint density at radius 1 is 1.32 bits per heavy atom. The smallest absolute Gasteiger partial charge is 0.240 e. The SMILES string of the molecule is Cc1nc(NC(=O)CN2CCCC(C(=O)N(C)c3ccc(O)cc3)C2)sc1C. The number of anilines is 2. The summed E-state index contributed by atoms with van der Waals surface area (Å²) in [7, 11) is 1.74. The van der Waals surface area contributed by atoms with Gasteiger partial charge in [0.25, 0.3) is 0 Å². The first kappa shape index (κ1) is 20.3. The van der Waals surface area contributed by atoms with Gasteiger partial charge in [0.1, 0.15) is 5.75 Å². The van der Waals surface area contributed by atoms with Gasteiger partial charge in [-0.05, 0) is 57.5 Å². The predicted molar refractivity (Wildman–Crippen MR) is 111 cm³/mol. The Kier molecular flexibility index (Phi) is 6.31. The lowest BCUT2D eigenvalue weighted by molar-refractivity contribution is -0.125. The number of nitrogens with zero attached hydrogens (tertiary/aromatic N) is 3. The van der Waals surface area contributed by atoms with E-state index in [2.05, 4.69) is 10.3 Å². The molecule has 1 aromatic carbocycles. The second-order valence-electron chi connectivity index (χ2n) is 7.20. The average molecular weight is 403 g/mol. The summed E-state index contributed by atoms with van der Waals surface area (Å²) in [5, 5.41) is 12.9. The van der Waals surface area contributed by atoms with E-state index in [1.54, 1.807) is 36.2 Å². The second-order valence-corrected chi connectivity index (χ2v) is 8.40. The molecule has 1 fully saturated rings. The number of aromatic hydroxyl groups is 1. The molecule has 0 spiro atoms. The van der Waals surface area contributed by atoms with Gasteiger partial charge in [-0.2, -0.15) is 0 Å². The predicted octanol–water partition coefficient (Wildman–Crippen LogP) is 2.78. The molecule has 7 nitrogen and oxygen atoms in total. The Labute approximate surface area is 169 Å². The van der Waals surface area contributed by atoms with Crippen LogP contribution in [0, 0.1) is 19.8 Å². The molecule has 0 saturated carbocycles. The third-order valence-corrected chi connectivity index (χ3v) is 6.05. The second kappa shape index (κ2) is 8.70. The minimum atomic E-state index is -0.148. The molecule has 28 heavy (non-hydrogen) atoms. The zero-order valence-electron chi connectivity index (χ0n) is 16.4. The van der Waals surface area contributed by atoms with Gasteiger partial charge in [-0.15, -0.1) is 11.3 Å². The molecular weight excluding hydrogens is 376 g/mol. The van der Waals surface area contributed by atoms with E-state index in [4.69, 9.17) is 0 Å². The number of benzene rings is 1. The van der Waals surface area contributed by atoms with Crippen LogP contribution < -0.4 is 10.2 Å². The minimum Gasteiger partial charge on any atom is -0.508 e. The number of phenols is 1. The van der Waals surface area contributed by atoms with E-state index in [1.165, 1.54) is 11.3 Å². The summed E-state index contributed by atoms with van der Waals surface area (Å²) in [5.74, 6) is -0.0505. The number of aryl methyl sites for hydroxylation is 2. The monoisotopic (exact) mass is 402 g/mol. The van der Waals surface area contributed by atoms with Gasteiger partial charge in [-0.25, -0.2) is 4.98 Å². The molecule has 1 aromatic heterocycles. The van der Waals surface area contributed by atoms with Crippen molar-refractivity contribution in [2.24, 2.45) is 5.92 Å². The highest BCUT2D eigenvalue weighted by Gasteiger charge is 2.29. The third kappa shape index (κ3) is 4.88. The fourth-order valence-electron chi connectivity index (χ4n) is 3.37. The van der Waals surface area contributed by atoms with E-state index >= 15 is 0 Å². The first-order chi connectivity index (χ1) is 13.3. The van der Waals surface area contributed by atoms with Gasteiger partial charge in [0, 0.05) is 24.2 Å². The van der Waals surface area contributed by atoms with E-state index in [0.29, 0.717) is 11.7 Å². The highest BCUT2D eigenvalue weighted by molar-refractivity contribution is 7.15. The molecule has 8 heteroatoms. The number of rotatable bonds is 5. The maximum Gasteiger partial charge on any atom is 0.240 e. The zero-order chi connectivity index (χ0) is 20.3. The fraction of sp³-hybridized carbons (Fsp3) is 0.450. The number of carbonyl (C=O) groups excluding carboxylic acids is 2. The Balaban J connectivity index is 1.56. The number of thiazole rings is 1. The van der Waals surface area contributed by atoms with Crippen molar-refractivity contribution in [1.29, 1.82) is 0 Å². The summed E-state index contributed by atoms with van der Waals surface area (Å²) in [6, 6.07) is 6.58. The Morgan fingerprint density at radius 3 is 2.68 bits per heavy atom. The Bertz CT molecular complexity index is 830. The number of hydrogen-bond donors (Lipinski definition) is 2. The summed E-state index contributed by atoms with van der Waals surface area (Å²) in [6.07, 6.45) is 1.69. The van der Waals surface area contributed by atoms with E-state index < -0.39 is 0 Å². The van der Waals surface area contributed by atoms with Crippen LogP contribution in [0.1, 0.15) is 23.4 Å². The van der Waals surface area contributed by atoms with Crippen LogP contribution >= 0.6 is 11.3 Å². The highest BCUT2D eigenvalue weighted by atomic mass is 32.1. The van der Waals surface area contributed by atoms with E-state index in [-0.39, 0.29) is 30.0 Å². The van der Waals surface area contributed by atoms with Crippen molar-refractivity contribution < 1.29 is 14.7 Å². The number of likely N-dealkylation sites (tertiary alicyclic amines) is 1. The number of nitrogens with one attached hydrogen (secondary N) is 1. The van der Waals surface area contributed by atoms with Crippen LogP contribution in [0.3, 0.4) is 0 Å². The summed E-state index contributed by atoms with van der Waals surface area (Å²) < 4.78 is 0. The summed E-state index contributed by atoms with van der Waals surface area (Å²) in [5.41, 5.74) is 1.67. The zero-order valence-corrected chi connectivity index (χ0v) is 17.3. The van der Waals surface area contributed by atoms with Crippen LogP contribution in [-0.2, 0) is 9.59 Å². The molecular formula is C20H26N4O3S. The molecule has 1 unspecified atom stereocenters. The summed E-state index contributed by atoms with van der Waals surface area (Å²) in [6.45, 7) is 5.52. The molecule has 2 aromatic rings. The van der Waals surface area contributed by atoms with Crippen LogP contribution in [0.5, 0.6) is 5.75 Å². The molecule has 1 atom stereocenters. The van der Waals surface area contributed by atoms with Crippen LogP contribution in [0.25, 0.3) is 0 Å². The molecule has 150 valence electrons. The number of hydrogen-bond acceptors (Lipinski definition) is 6. The van der Waals surface area contributed by atoms with Crippen molar-refractivity contribution in [2.75, 3.05) is 36.9 Å². The molecule has 1 aliphatic heterocycles. The Morgan fingerprint density at radius 2 is 2.04 bits per heavy atom. The number of phenolic OH excluding ortho intramolecular Hbond substituents is 1. The summed E-state index contributed by atoms with van der Waals surface area (Å²) in [4.78, 5) is 34.3. The Hall–Kier alpha value is -2.45. The number of piperidine rings is 1. The first-order valence-electron chi connectivity index (χ1n) is 9.36. The number of amides is 2. The van der Waals surface area contributed by atoms with Crippen LogP contribution in [0.4, 0.5) is 10.8 Å². The van der Waals surface area contributed by atoms with Crippen molar-refractivity contribution in [2.45, 2.75) is 26.7 Å². The minimum absolute atomic E-state index is 0.0296. The van der Waals surface area contributed by atoms with E-state index in [1.807, 2.05) is 18.7 Å². The largest absolute Gasteiger partial charge is 0.508 e. The van der Waals surface area contributed by atoms with Crippen LogP contribution in [-0.4, -0.2) is 53.5 Å². The van der Waals surface area contributed by atoms with Gasteiger partial charge in [-0.3, -0.25) is 14.5 Å². The topological polar surface area (TPSA) is 85.8 Å². The summed E-state index contributed by atoms with van der Waals surface area (Å²) >= 11 is 1.47. The van der Waals surface area contributed by atoms with Crippen LogP contribution in [0.2, 0.25) is 0 Å². The van der Waals surface area contributed by atoms with Gasteiger partial charge in [0.15, 0.2) is 5.13 Å². The molecule has 2 heterocycles. The normalized spacial score (nSPS) is 17.3. The molecule has 2 amide bonds. The molecule has 0 bridgehead atoms. The van der Waals surface area contributed by atoms with Crippen molar-refractivity contribution >= 4 is 34.0 Å². The number of aromatic nitrogens is 1. The van der Waals surface area contributed by atoms with Gasteiger partial charge < -0.3 is 15.3 Å².